The van der Waals surface area contributed by atoms with Crippen LogP contribution in [-0.2, 0) is 11.3 Å². The number of thiophene rings is 1. The number of halogens is 2. The molecule has 1 saturated heterocycles. The lowest BCUT2D eigenvalue weighted by Gasteiger charge is -2.31. The van der Waals surface area contributed by atoms with E-state index in [9.17, 15) is 9.18 Å². The van der Waals surface area contributed by atoms with Crippen molar-refractivity contribution >= 4 is 39.7 Å². The molecule has 1 fully saturated rings. The molecule has 0 atom stereocenters. The normalized spacial score (nSPS) is 15.3. The molecule has 3 rings (SSSR count). The van der Waals surface area contributed by atoms with Crippen LogP contribution in [0.3, 0.4) is 0 Å². The van der Waals surface area contributed by atoms with Crippen LogP contribution in [0, 0.1) is 5.82 Å². The average molecular weight is 373 g/mol. The topological polar surface area (TPSA) is 41.6 Å². The Hall–Kier alpha value is -1.21. The van der Waals surface area contributed by atoms with Gasteiger partial charge in [0.25, 0.3) is 5.91 Å². The van der Waals surface area contributed by atoms with E-state index in [0.717, 1.165) is 30.6 Å². The van der Waals surface area contributed by atoms with Crippen LogP contribution >= 0.6 is 23.7 Å². The van der Waals surface area contributed by atoms with E-state index in [1.807, 2.05) is 18.0 Å². The van der Waals surface area contributed by atoms with Crippen molar-refractivity contribution in [2.75, 3.05) is 27.2 Å². The van der Waals surface area contributed by atoms with Gasteiger partial charge in [0, 0.05) is 35.8 Å². The van der Waals surface area contributed by atoms with E-state index in [0.29, 0.717) is 15.8 Å². The van der Waals surface area contributed by atoms with Crippen molar-refractivity contribution in [3.05, 3.63) is 34.5 Å². The Morgan fingerprint density at radius 2 is 2.12 bits per heavy atom. The third kappa shape index (κ3) is 3.57. The Bertz CT molecular complexity index is 716. The van der Waals surface area contributed by atoms with Crippen molar-refractivity contribution in [1.82, 2.24) is 10.2 Å². The number of hydrogen-bond donors (Lipinski definition) is 1. The third-order valence-electron chi connectivity index (χ3n) is 4.42. The van der Waals surface area contributed by atoms with Gasteiger partial charge >= 0.3 is 0 Å². The second-order valence-electron chi connectivity index (χ2n) is 5.85. The summed E-state index contributed by atoms with van der Waals surface area (Å²) in [7, 11) is 3.41. The molecule has 1 aromatic carbocycles. The van der Waals surface area contributed by atoms with E-state index >= 15 is 0 Å². The van der Waals surface area contributed by atoms with Gasteiger partial charge in [0.15, 0.2) is 0 Å². The number of carbonyl (C=O) groups excluding carboxylic acids is 1. The summed E-state index contributed by atoms with van der Waals surface area (Å²) >= 11 is 1.35. The Kier molecular flexibility index (Phi) is 6.57. The fourth-order valence-electron chi connectivity index (χ4n) is 3.14. The monoisotopic (exact) mass is 372 g/mol. The van der Waals surface area contributed by atoms with Crippen molar-refractivity contribution in [1.29, 1.82) is 0 Å². The van der Waals surface area contributed by atoms with Crippen molar-refractivity contribution in [2.24, 2.45) is 0 Å². The third-order valence-corrected chi connectivity index (χ3v) is 5.61. The summed E-state index contributed by atoms with van der Waals surface area (Å²) in [6.07, 6.45) is 1.89. The molecule has 0 saturated carbocycles. The summed E-state index contributed by atoms with van der Waals surface area (Å²) in [5.41, 5.74) is 0.663. The van der Waals surface area contributed by atoms with E-state index in [2.05, 4.69) is 5.32 Å². The van der Waals surface area contributed by atoms with Crippen LogP contribution in [0.4, 0.5) is 4.39 Å². The molecule has 0 radical (unpaired) electrons. The summed E-state index contributed by atoms with van der Waals surface area (Å²) in [6.45, 7) is 2.09. The molecule has 1 aromatic heterocycles. The SMILES string of the molecule is COCc1c(C(=O)N(C)C2CCNCC2)sc2cccc(F)c12.Cl. The molecule has 0 unspecified atom stereocenters. The van der Waals surface area contributed by atoms with Crippen molar-refractivity contribution < 1.29 is 13.9 Å². The number of hydrogen-bond acceptors (Lipinski definition) is 4. The summed E-state index contributed by atoms with van der Waals surface area (Å²) in [6, 6.07) is 5.19. The fraction of sp³-hybridized carbons (Fsp3) is 0.471. The van der Waals surface area contributed by atoms with Crippen LogP contribution < -0.4 is 5.32 Å². The minimum absolute atomic E-state index is 0. The number of nitrogens with one attached hydrogen (secondary N) is 1. The van der Waals surface area contributed by atoms with Gasteiger partial charge in [-0.15, -0.1) is 23.7 Å². The number of methoxy groups -OCH3 is 1. The van der Waals surface area contributed by atoms with Gasteiger partial charge in [0.2, 0.25) is 0 Å². The molecule has 1 aliphatic heterocycles. The lowest BCUT2D eigenvalue weighted by atomic mass is 10.0. The van der Waals surface area contributed by atoms with Gasteiger partial charge in [-0.05, 0) is 38.1 Å². The molecule has 1 amide bonds. The molecule has 1 N–H and O–H groups in total. The van der Waals surface area contributed by atoms with Gasteiger partial charge in [-0.3, -0.25) is 4.79 Å². The van der Waals surface area contributed by atoms with Crippen LogP contribution in [0.2, 0.25) is 0 Å². The summed E-state index contributed by atoms with van der Waals surface area (Å²) < 4.78 is 20.2. The van der Waals surface area contributed by atoms with Gasteiger partial charge in [0.1, 0.15) is 5.82 Å². The number of amides is 1. The highest BCUT2D eigenvalue weighted by molar-refractivity contribution is 7.21. The van der Waals surface area contributed by atoms with E-state index in [1.54, 1.807) is 13.2 Å². The van der Waals surface area contributed by atoms with Crippen LogP contribution in [0.1, 0.15) is 28.1 Å². The molecular formula is C17H22ClFN2O2S. The highest BCUT2D eigenvalue weighted by Gasteiger charge is 2.27. The zero-order chi connectivity index (χ0) is 16.4. The van der Waals surface area contributed by atoms with E-state index in [4.69, 9.17) is 4.74 Å². The van der Waals surface area contributed by atoms with Crippen LogP contribution in [0.5, 0.6) is 0 Å². The summed E-state index contributed by atoms with van der Waals surface area (Å²) in [5, 5.41) is 3.82. The van der Waals surface area contributed by atoms with Crippen LogP contribution in [-0.4, -0.2) is 44.1 Å². The van der Waals surface area contributed by atoms with Gasteiger partial charge in [-0.25, -0.2) is 4.39 Å². The molecule has 24 heavy (non-hydrogen) atoms. The number of benzene rings is 1. The first-order valence-corrected chi connectivity index (χ1v) is 8.61. The van der Waals surface area contributed by atoms with Gasteiger partial charge in [0.05, 0.1) is 11.5 Å². The maximum atomic E-state index is 14.2. The number of piperidine rings is 1. The van der Waals surface area contributed by atoms with Gasteiger partial charge in [-0.2, -0.15) is 0 Å². The largest absolute Gasteiger partial charge is 0.380 e. The standard InChI is InChI=1S/C17H21FN2O2S.ClH/c1-20(11-6-8-19-9-7-11)17(21)16-12(10-22-2)15-13(18)4-3-5-14(15)23-16;/h3-5,11,19H,6-10H2,1-2H3;1H. The minimum Gasteiger partial charge on any atom is -0.380 e. The Morgan fingerprint density at radius 1 is 1.42 bits per heavy atom. The number of carbonyl (C=O) groups is 1. The Labute approximate surface area is 151 Å². The number of nitrogens with zero attached hydrogens (tertiary/aromatic N) is 1. The Balaban J connectivity index is 0.00000208. The second-order valence-corrected chi connectivity index (χ2v) is 6.91. The molecule has 2 aromatic rings. The maximum absolute atomic E-state index is 14.2. The first-order valence-electron chi connectivity index (χ1n) is 7.80. The van der Waals surface area contributed by atoms with Gasteiger partial charge in [-0.1, -0.05) is 6.07 Å². The smallest absolute Gasteiger partial charge is 0.264 e. The zero-order valence-electron chi connectivity index (χ0n) is 13.8. The van der Waals surface area contributed by atoms with E-state index in [-0.39, 0.29) is 36.8 Å². The fourth-order valence-corrected chi connectivity index (χ4v) is 4.35. The Morgan fingerprint density at radius 3 is 2.79 bits per heavy atom. The quantitative estimate of drug-likeness (QED) is 0.894. The zero-order valence-corrected chi connectivity index (χ0v) is 15.4. The number of rotatable bonds is 4. The van der Waals surface area contributed by atoms with Crippen molar-refractivity contribution in [3.8, 4) is 0 Å². The first kappa shape index (κ1) is 19.1. The predicted octanol–water partition coefficient (Wildman–Crippen LogP) is 3.43. The molecule has 4 nitrogen and oxygen atoms in total. The molecule has 1 aliphatic rings. The number of fused-ring (bicyclic) bond motifs is 1. The highest BCUT2D eigenvalue weighted by atomic mass is 35.5. The first-order chi connectivity index (χ1) is 11.1. The molecule has 132 valence electrons. The van der Waals surface area contributed by atoms with Crippen molar-refractivity contribution in [2.45, 2.75) is 25.5 Å². The highest BCUT2D eigenvalue weighted by Crippen LogP contribution is 2.35. The van der Waals surface area contributed by atoms with Crippen LogP contribution in [0.15, 0.2) is 18.2 Å². The predicted molar refractivity (Wildman–Crippen MR) is 97.7 cm³/mol. The minimum atomic E-state index is -0.297. The molecule has 0 spiro atoms. The molecule has 7 heteroatoms. The van der Waals surface area contributed by atoms with Crippen molar-refractivity contribution in [3.63, 3.8) is 0 Å². The number of ether oxygens (including phenoxy) is 1. The summed E-state index contributed by atoms with van der Waals surface area (Å²) in [5.74, 6) is -0.334. The lowest BCUT2D eigenvalue weighted by molar-refractivity contribution is 0.0704. The molecule has 0 aliphatic carbocycles. The lowest BCUT2D eigenvalue weighted by Crippen LogP contribution is -2.43. The molecule has 0 bridgehead atoms. The average Bonchev–Trinajstić information content (AvgIpc) is 2.95. The maximum Gasteiger partial charge on any atom is 0.264 e. The van der Waals surface area contributed by atoms with E-state index in [1.165, 1.54) is 17.4 Å². The second kappa shape index (κ2) is 8.25. The summed E-state index contributed by atoms with van der Waals surface area (Å²) in [4.78, 5) is 15.4. The van der Waals surface area contributed by atoms with Crippen LogP contribution in [0.25, 0.3) is 10.1 Å². The van der Waals surface area contributed by atoms with E-state index < -0.39 is 0 Å². The molecular weight excluding hydrogens is 351 g/mol. The molecule has 2 heterocycles. The van der Waals surface area contributed by atoms with Gasteiger partial charge < -0.3 is 15.0 Å².